The topological polar surface area (TPSA) is 12.9 Å². The number of nitrogens with zero attached hydrogens (tertiary/aromatic N) is 1. The highest BCUT2D eigenvalue weighted by atomic mass is 14.7. The molecule has 1 heterocycles. The lowest BCUT2D eigenvalue weighted by Crippen LogP contribution is -1.96. The van der Waals surface area contributed by atoms with Crippen LogP contribution in [-0.4, -0.2) is 4.98 Å². The Balaban J connectivity index is 2.12. The molecule has 0 aliphatic rings. The van der Waals surface area contributed by atoms with Crippen LogP contribution in [0, 0.1) is 6.92 Å². The van der Waals surface area contributed by atoms with Gasteiger partial charge >= 0.3 is 0 Å². The summed E-state index contributed by atoms with van der Waals surface area (Å²) in [5.74, 6) is 0. The van der Waals surface area contributed by atoms with Crippen LogP contribution in [-0.2, 0) is 12.8 Å². The van der Waals surface area contributed by atoms with Gasteiger partial charge in [0.05, 0.1) is 0 Å². The fourth-order valence-electron chi connectivity index (χ4n) is 1.75. The maximum atomic E-state index is 4.62. The molecule has 1 heteroatoms. The average molecular weight is 210 g/mol. The first kappa shape index (κ1) is 10.9. The van der Waals surface area contributed by atoms with Crippen LogP contribution in [0.25, 0.3) is 0 Å². The van der Waals surface area contributed by atoms with E-state index in [0.717, 1.165) is 30.7 Å². The Morgan fingerprint density at radius 3 is 2.38 bits per heavy atom. The minimum absolute atomic E-state index is 0.905. The minimum atomic E-state index is 0.905. The van der Waals surface area contributed by atoms with E-state index in [1.54, 1.807) is 0 Å². The van der Waals surface area contributed by atoms with Crippen LogP contribution in [0.2, 0.25) is 0 Å². The number of pyridine rings is 1. The van der Waals surface area contributed by atoms with Crippen molar-refractivity contribution in [2.24, 2.45) is 0 Å². The van der Waals surface area contributed by atoms with E-state index in [2.05, 4.69) is 54.4 Å². The third-order valence-corrected chi connectivity index (χ3v) is 2.53. The Kier molecular flexibility index (Phi) is 3.71. The van der Waals surface area contributed by atoms with Crippen LogP contribution >= 0.6 is 0 Å². The Morgan fingerprint density at radius 2 is 1.62 bits per heavy atom. The number of benzene rings is 1. The molecule has 0 aliphatic carbocycles. The van der Waals surface area contributed by atoms with E-state index in [0.29, 0.717) is 0 Å². The van der Waals surface area contributed by atoms with E-state index < -0.39 is 0 Å². The molecule has 0 fully saturated rings. The second kappa shape index (κ2) is 5.45. The molecule has 2 rings (SSSR count). The molecule has 1 nitrogen and oxygen atoms in total. The third kappa shape index (κ3) is 2.93. The fourth-order valence-corrected chi connectivity index (χ4v) is 1.75. The van der Waals surface area contributed by atoms with Gasteiger partial charge in [0.25, 0.3) is 0 Å². The third-order valence-electron chi connectivity index (χ3n) is 2.53. The van der Waals surface area contributed by atoms with Crippen LogP contribution in [0.3, 0.4) is 0 Å². The van der Waals surface area contributed by atoms with Crippen molar-refractivity contribution in [2.75, 3.05) is 0 Å². The summed E-state index contributed by atoms with van der Waals surface area (Å²) in [7, 11) is 0. The summed E-state index contributed by atoms with van der Waals surface area (Å²) in [6, 6.07) is 16.7. The molecule has 0 spiro atoms. The van der Waals surface area contributed by atoms with Gasteiger partial charge in [0.2, 0.25) is 0 Å². The molecule has 1 radical (unpaired) electrons. The highest BCUT2D eigenvalue weighted by molar-refractivity contribution is 5.22. The van der Waals surface area contributed by atoms with Gasteiger partial charge in [-0.05, 0) is 30.5 Å². The van der Waals surface area contributed by atoms with E-state index in [4.69, 9.17) is 0 Å². The predicted octanol–water partition coefficient (Wildman–Crippen LogP) is 3.44. The molecule has 0 saturated heterocycles. The Labute approximate surface area is 97.2 Å². The van der Waals surface area contributed by atoms with Gasteiger partial charge in [-0.3, -0.25) is 4.98 Å². The summed E-state index contributed by atoms with van der Waals surface area (Å²) in [5.41, 5.74) is 3.59. The molecule has 0 unspecified atom stereocenters. The first-order chi connectivity index (χ1) is 7.88. The predicted molar refractivity (Wildman–Crippen MR) is 67.2 cm³/mol. The fraction of sp³-hybridized carbons (Fsp3) is 0.200. The summed E-state index contributed by atoms with van der Waals surface area (Å²) in [5, 5.41) is 0. The summed E-state index contributed by atoms with van der Waals surface area (Å²) in [6.45, 7) is 3.85. The summed E-state index contributed by atoms with van der Waals surface area (Å²) in [6.07, 6.45) is 2.77. The minimum Gasteiger partial charge on any atom is -0.258 e. The van der Waals surface area contributed by atoms with E-state index >= 15 is 0 Å². The molecule has 0 saturated carbocycles. The van der Waals surface area contributed by atoms with Gasteiger partial charge in [-0.2, -0.15) is 0 Å². The molecule has 2 aromatic rings. The van der Waals surface area contributed by atoms with Gasteiger partial charge < -0.3 is 0 Å². The number of rotatable bonds is 4. The van der Waals surface area contributed by atoms with Gasteiger partial charge in [0, 0.05) is 17.8 Å². The second-order valence-electron chi connectivity index (χ2n) is 3.89. The molecule has 1 aromatic heterocycles. The SMILES string of the molecule is [CH2]CCc1cccc(Cc2ccccc2)n1. The van der Waals surface area contributed by atoms with Crippen LogP contribution in [0.1, 0.15) is 23.4 Å². The van der Waals surface area contributed by atoms with E-state index in [-0.39, 0.29) is 0 Å². The zero-order chi connectivity index (χ0) is 11.2. The number of hydrogen-bond donors (Lipinski definition) is 0. The largest absolute Gasteiger partial charge is 0.258 e. The quantitative estimate of drug-likeness (QED) is 0.753. The van der Waals surface area contributed by atoms with Crippen molar-refractivity contribution in [3.05, 3.63) is 72.4 Å². The first-order valence-electron chi connectivity index (χ1n) is 5.66. The molecular formula is C15H16N. The number of aromatic nitrogens is 1. The van der Waals surface area contributed by atoms with Crippen molar-refractivity contribution in [1.82, 2.24) is 4.98 Å². The average Bonchev–Trinajstić information content (AvgIpc) is 2.31. The number of aryl methyl sites for hydroxylation is 1. The molecule has 0 aliphatic heterocycles. The van der Waals surface area contributed by atoms with Gasteiger partial charge in [-0.25, -0.2) is 0 Å². The van der Waals surface area contributed by atoms with Gasteiger partial charge in [0.1, 0.15) is 0 Å². The van der Waals surface area contributed by atoms with Crippen LogP contribution in [0.4, 0.5) is 0 Å². The highest BCUT2D eigenvalue weighted by Crippen LogP contribution is 2.08. The number of hydrogen-bond acceptors (Lipinski definition) is 1. The Hall–Kier alpha value is -1.63. The smallest absolute Gasteiger partial charge is 0.0450 e. The monoisotopic (exact) mass is 210 g/mol. The lowest BCUT2D eigenvalue weighted by Gasteiger charge is -2.03. The van der Waals surface area contributed by atoms with Crippen molar-refractivity contribution >= 4 is 0 Å². The first-order valence-corrected chi connectivity index (χ1v) is 5.66. The lowest BCUT2D eigenvalue weighted by atomic mass is 10.1. The van der Waals surface area contributed by atoms with Crippen LogP contribution in [0.15, 0.2) is 48.5 Å². The van der Waals surface area contributed by atoms with E-state index in [9.17, 15) is 0 Å². The van der Waals surface area contributed by atoms with E-state index in [1.807, 2.05) is 6.07 Å². The Morgan fingerprint density at radius 1 is 0.875 bits per heavy atom. The highest BCUT2D eigenvalue weighted by Gasteiger charge is 1.98. The standard InChI is InChI=1S/C15H16N/c1-2-7-14-10-6-11-15(16-14)12-13-8-4-3-5-9-13/h3-6,8-11H,1-2,7,12H2. The molecular weight excluding hydrogens is 194 g/mol. The van der Waals surface area contributed by atoms with Crippen molar-refractivity contribution in [3.8, 4) is 0 Å². The van der Waals surface area contributed by atoms with Crippen molar-refractivity contribution in [3.63, 3.8) is 0 Å². The van der Waals surface area contributed by atoms with Gasteiger partial charge in [-0.15, -0.1) is 0 Å². The lowest BCUT2D eigenvalue weighted by molar-refractivity contribution is 0.913. The van der Waals surface area contributed by atoms with Crippen molar-refractivity contribution in [2.45, 2.75) is 19.3 Å². The van der Waals surface area contributed by atoms with Crippen LogP contribution in [0.5, 0.6) is 0 Å². The zero-order valence-corrected chi connectivity index (χ0v) is 9.39. The van der Waals surface area contributed by atoms with Crippen molar-refractivity contribution < 1.29 is 0 Å². The normalized spacial score (nSPS) is 10.3. The van der Waals surface area contributed by atoms with Gasteiger partial charge in [0.15, 0.2) is 0 Å². The molecule has 0 bridgehead atoms. The zero-order valence-electron chi connectivity index (χ0n) is 9.39. The maximum absolute atomic E-state index is 4.62. The molecule has 1 aromatic carbocycles. The molecule has 0 N–H and O–H groups in total. The van der Waals surface area contributed by atoms with Gasteiger partial charge in [-0.1, -0.05) is 43.3 Å². The second-order valence-corrected chi connectivity index (χ2v) is 3.89. The Bertz CT molecular complexity index is 434. The summed E-state index contributed by atoms with van der Waals surface area (Å²) in [4.78, 5) is 4.62. The molecule has 16 heavy (non-hydrogen) atoms. The van der Waals surface area contributed by atoms with E-state index in [1.165, 1.54) is 5.56 Å². The maximum Gasteiger partial charge on any atom is 0.0450 e. The molecule has 0 amide bonds. The van der Waals surface area contributed by atoms with Crippen LogP contribution < -0.4 is 0 Å². The summed E-state index contributed by atoms with van der Waals surface area (Å²) < 4.78 is 0. The summed E-state index contributed by atoms with van der Waals surface area (Å²) >= 11 is 0. The molecule has 0 atom stereocenters. The van der Waals surface area contributed by atoms with Crippen molar-refractivity contribution in [1.29, 1.82) is 0 Å². The molecule has 81 valence electrons.